The molecule has 4 fully saturated rings. The van der Waals surface area contributed by atoms with E-state index >= 15 is 0 Å². The van der Waals surface area contributed by atoms with Gasteiger partial charge < -0.3 is 10.8 Å². The number of aliphatic hydroxyl groups excluding tert-OH is 1. The van der Waals surface area contributed by atoms with E-state index in [0.717, 1.165) is 29.6 Å². The minimum atomic E-state index is -0.115. The zero-order chi connectivity index (χ0) is 15.5. The zero-order valence-corrected chi connectivity index (χ0v) is 15.7. The Kier molecular flexibility index (Phi) is 5.09. The highest BCUT2D eigenvalue weighted by atomic mass is 35.5. The van der Waals surface area contributed by atoms with Crippen molar-refractivity contribution in [3.05, 3.63) is 0 Å². The number of fused-ring (bicyclic) bond motifs is 5. The number of aliphatic hydroxyl groups is 1. The Morgan fingerprint density at radius 2 is 1.70 bits per heavy atom. The van der Waals surface area contributed by atoms with E-state index in [9.17, 15) is 5.11 Å². The van der Waals surface area contributed by atoms with Gasteiger partial charge in [-0.2, -0.15) is 0 Å². The van der Waals surface area contributed by atoms with Crippen molar-refractivity contribution in [1.82, 2.24) is 0 Å². The molecule has 0 aromatic carbocycles. The summed E-state index contributed by atoms with van der Waals surface area (Å²) in [4.78, 5) is 0. The van der Waals surface area contributed by atoms with E-state index in [1.807, 2.05) is 6.92 Å². The molecule has 0 amide bonds. The second kappa shape index (κ2) is 6.50. The summed E-state index contributed by atoms with van der Waals surface area (Å²) in [5, 5.41) is 10.3. The summed E-state index contributed by atoms with van der Waals surface area (Å²) in [5.74, 6) is 5.30. The number of rotatable bonds is 1. The smallest absolute Gasteiger partial charge is 0.0545 e. The van der Waals surface area contributed by atoms with E-state index < -0.39 is 0 Å². The number of hydrogen-bond donors (Lipinski definition) is 2. The highest BCUT2D eigenvalue weighted by Crippen LogP contribution is 2.64. The average molecular weight is 342 g/mol. The largest absolute Gasteiger partial charge is 0.393 e. The first-order chi connectivity index (χ1) is 10.5. The van der Waals surface area contributed by atoms with Gasteiger partial charge in [0.1, 0.15) is 0 Å². The van der Waals surface area contributed by atoms with Crippen molar-refractivity contribution in [1.29, 1.82) is 0 Å². The topological polar surface area (TPSA) is 46.2 Å². The van der Waals surface area contributed by atoms with Crippen LogP contribution in [0.1, 0.15) is 71.6 Å². The minimum Gasteiger partial charge on any atom is -0.393 e. The maximum atomic E-state index is 10.3. The van der Waals surface area contributed by atoms with E-state index in [-0.39, 0.29) is 18.5 Å². The summed E-state index contributed by atoms with van der Waals surface area (Å²) >= 11 is 0. The molecule has 3 heteroatoms. The van der Waals surface area contributed by atoms with Gasteiger partial charge in [-0.15, -0.1) is 12.4 Å². The van der Waals surface area contributed by atoms with Crippen LogP contribution in [0.15, 0.2) is 0 Å². The third kappa shape index (κ3) is 2.77. The summed E-state index contributed by atoms with van der Waals surface area (Å²) in [6.45, 7) is 4.55. The van der Waals surface area contributed by atoms with Gasteiger partial charge in [0.25, 0.3) is 0 Å². The first-order valence-electron chi connectivity index (χ1n) is 9.94. The number of halogens is 1. The van der Waals surface area contributed by atoms with Crippen LogP contribution >= 0.6 is 12.4 Å². The molecular weight excluding hydrogens is 306 g/mol. The average Bonchev–Trinajstić information content (AvgIpc) is 2.84. The molecule has 9 atom stereocenters. The second-order valence-electron chi connectivity index (χ2n) is 9.48. The highest BCUT2D eigenvalue weighted by molar-refractivity contribution is 5.85. The molecule has 4 aliphatic carbocycles. The Hall–Kier alpha value is 0.210. The highest BCUT2D eigenvalue weighted by Gasteiger charge is 2.57. The molecule has 0 unspecified atom stereocenters. The Balaban J connectivity index is 0.00000156. The third-order valence-corrected chi connectivity index (χ3v) is 8.65. The maximum Gasteiger partial charge on any atom is 0.0545 e. The Morgan fingerprint density at radius 1 is 0.957 bits per heavy atom. The molecule has 0 spiro atoms. The Morgan fingerprint density at radius 3 is 2.43 bits per heavy atom. The summed E-state index contributed by atoms with van der Waals surface area (Å²) in [6, 6.07) is 0.484. The van der Waals surface area contributed by atoms with Crippen LogP contribution in [0.3, 0.4) is 0 Å². The number of hydrogen-bond acceptors (Lipinski definition) is 2. The molecule has 0 saturated heterocycles. The van der Waals surface area contributed by atoms with Gasteiger partial charge in [0.15, 0.2) is 0 Å². The van der Waals surface area contributed by atoms with Gasteiger partial charge in [-0.3, -0.25) is 0 Å². The molecule has 23 heavy (non-hydrogen) atoms. The van der Waals surface area contributed by atoms with Crippen LogP contribution in [0, 0.1) is 40.9 Å². The van der Waals surface area contributed by atoms with Crippen LogP contribution in [-0.4, -0.2) is 17.3 Å². The van der Waals surface area contributed by atoms with Crippen molar-refractivity contribution in [2.75, 3.05) is 0 Å². The second-order valence-corrected chi connectivity index (χ2v) is 9.48. The van der Waals surface area contributed by atoms with Gasteiger partial charge in [-0.05, 0) is 106 Å². The predicted octanol–water partition coefficient (Wildman–Crippen LogP) is 4.39. The normalized spacial score (nSPS) is 53.5. The van der Waals surface area contributed by atoms with Crippen LogP contribution in [0.4, 0.5) is 0 Å². The predicted molar refractivity (Wildman–Crippen MR) is 97.5 cm³/mol. The quantitative estimate of drug-likeness (QED) is 0.743. The van der Waals surface area contributed by atoms with Crippen molar-refractivity contribution < 1.29 is 5.11 Å². The fraction of sp³-hybridized carbons (Fsp3) is 1.00. The molecule has 0 bridgehead atoms. The van der Waals surface area contributed by atoms with Gasteiger partial charge in [-0.25, -0.2) is 0 Å². The SMILES string of the molecule is C[C@H](O)[C@H]1CC[C@H]2[C@@H]3CC[C@H]4C[C@H](N)CC[C@@H]4[C@H]3CC[C@]12C.Cl. The molecule has 0 aromatic heterocycles. The number of nitrogens with two attached hydrogens (primary N) is 1. The van der Waals surface area contributed by atoms with E-state index in [1.165, 1.54) is 57.8 Å². The fourth-order valence-electron chi connectivity index (χ4n) is 7.72. The molecule has 0 aromatic rings. The van der Waals surface area contributed by atoms with Gasteiger partial charge in [-0.1, -0.05) is 6.92 Å². The summed E-state index contributed by atoms with van der Waals surface area (Å²) in [6.07, 6.45) is 12.2. The van der Waals surface area contributed by atoms with Crippen molar-refractivity contribution >= 4 is 12.4 Å². The first-order valence-corrected chi connectivity index (χ1v) is 9.94. The van der Waals surface area contributed by atoms with Gasteiger partial charge in [0, 0.05) is 6.04 Å². The lowest BCUT2D eigenvalue weighted by atomic mass is 9.49. The van der Waals surface area contributed by atoms with Gasteiger partial charge >= 0.3 is 0 Å². The van der Waals surface area contributed by atoms with Crippen LogP contribution < -0.4 is 5.73 Å². The van der Waals surface area contributed by atoms with E-state index in [4.69, 9.17) is 5.73 Å². The first kappa shape index (κ1) is 18.0. The van der Waals surface area contributed by atoms with Gasteiger partial charge in [0.05, 0.1) is 6.10 Å². The molecule has 4 saturated carbocycles. The zero-order valence-electron chi connectivity index (χ0n) is 14.9. The van der Waals surface area contributed by atoms with Crippen molar-refractivity contribution in [2.24, 2.45) is 46.7 Å². The molecule has 134 valence electrons. The molecule has 0 radical (unpaired) electrons. The Labute approximate surface area is 148 Å². The lowest BCUT2D eigenvalue weighted by molar-refractivity contribution is -0.0788. The van der Waals surface area contributed by atoms with Crippen molar-refractivity contribution in [3.63, 3.8) is 0 Å². The molecule has 4 aliphatic rings. The van der Waals surface area contributed by atoms with Crippen LogP contribution in [-0.2, 0) is 0 Å². The van der Waals surface area contributed by atoms with E-state index in [1.54, 1.807) is 0 Å². The molecular formula is C20H36ClNO. The van der Waals surface area contributed by atoms with Crippen molar-refractivity contribution in [2.45, 2.75) is 83.8 Å². The third-order valence-electron chi connectivity index (χ3n) is 8.65. The van der Waals surface area contributed by atoms with Crippen LogP contribution in [0.25, 0.3) is 0 Å². The van der Waals surface area contributed by atoms with Crippen LogP contribution in [0.5, 0.6) is 0 Å². The monoisotopic (exact) mass is 341 g/mol. The van der Waals surface area contributed by atoms with Crippen molar-refractivity contribution in [3.8, 4) is 0 Å². The summed E-state index contributed by atoms with van der Waals surface area (Å²) < 4.78 is 0. The molecule has 0 aliphatic heterocycles. The fourth-order valence-corrected chi connectivity index (χ4v) is 7.72. The van der Waals surface area contributed by atoms with E-state index in [2.05, 4.69) is 6.92 Å². The van der Waals surface area contributed by atoms with Gasteiger partial charge in [0.2, 0.25) is 0 Å². The lowest BCUT2D eigenvalue weighted by Crippen LogP contribution is -2.50. The molecule has 2 nitrogen and oxygen atoms in total. The summed E-state index contributed by atoms with van der Waals surface area (Å²) in [7, 11) is 0. The molecule has 3 N–H and O–H groups in total. The standard InChI is InChI=1S/C20H35NO.ClH/c1-12(22)18-7-8-19-17-5-3-13-11-14(21)4-6-15(13)16(17)9-10-20(18,19)2;/h12-19,22H,3-11,21H2,1-2H3;1H/t12-,13-,14+,15-,16+,17+,18+,19-,20+;/m0./s1. The maximum absolute atomic E-state index is 10.3. The lowest BCUT2D eigenvalue weighted by Gasteiger charge is -2.56. The van der Waals surface area contributed by atoms with E-state index in [0.29, 0.717) is 17.4 Å². The Bertz CT molecular complexity index is 428. The minimum absolute atomic E-state index is 0. The molecule has 4 rings (SSSR count). The van der Waals surface area contributed by atoms with Crippen LogP contribution in [0.2, 0.25) is 0 Å². The summed E-state index contributed by atoms with van der Waals surface area (Å²) in [5.41, 5.74) is 6.66. The molecule has 0 heterocycles.